The average Bonchev–Trinajstić information content (AvgIpc) is 2.42. The lowest BCUT2D eigenvalue weighted by Crippen LogP contribution is -2.22. The lowest BCUT2D eigenvalue weighted by Gasteiger charge is -2.17. The van der Waals surface area contributed by atoms with Crippen molar-refractivity contribution in [2.45, 2.75) is 0 Å². The number of hydrogen-bond acceptors (Lipinski definition) is 5. The van der Waals surface area contributed by atoms with E-state index in [4.69, 9.17) is 11.5 Å². The summed E-state index contributed by atoms with van der Waals surface area (Å²) in [5.74, 6) is -0.178. The maximum atomic E-state index is 13.1. The molecule has 0 fully saturated rings. The van der Waals surface area contributed by atoms with E-state index in [1.54, 1.807) is 6.07 Å². The Labute approximate surface area is 109 Å². The minimum Gasteiger partial charge on any atom is -0.395 e. The van der Waals surface area contributed by atoms with Crippen LogP contribution in [0.1, 0.15) is 5.56 Å². The van der Waals surface area contributed by atoms with Crippen LogP contribution in [-0.2, 0) is 0 Å². The second kappa shape index (κ2) is 4.24. The third-order valence-corrected chi connectivity index (χ3v) is 3.01. The highest BCUT2D eigenvalue weighted by molar-refractivity contribution is 6.04. The van der Waals surface area contributed by atoms with E-state index in [0.29, 0.717) is 12.5 Å². The molecule has 96 valence electrons. The number of nitrogens with one attached hydrogen (secondary N) is 1. The van der Waals surface area contributed by atoms with Crippen molar-refractivity contribution in [2.24, 2.45) is 10.7 Å². The molecule has 1 aliphatic heterocycles. The summed E-state index contributed by atoms with van der Waals surface area (Å²) >= 11 is 0. The van der Waals surface area contributed by atoms with Gasteiger partial charge in [0.05, 0.1) is 5.69 Å². The van der Waals surface area contributed by atoms with Crippen LogP contribution in [0.4, 0.5) is 15.8 Å². The number of aromatic nitrogens is 1. The highest BCUT2D eigenvalue weighted by Crippen LogP contribution is 2.27. The number of fused-ring (bicyclic) bond motifs is 1. The minimum absolute atomic E-state index is 0.0231. The van der Waals surface area contributed by atoms with E-state index in [2.05, 4.69) is 15.3 Å². The van der Waals surface area contributed by atoms with Crippen molar-refractivity contribution in [3.05, 3.63) is 42.0 Å². The number of nitrogen functional groups attached to an aromatic ring is 1. The fourth-order valence-corrected chi connectivity index (χ4v) is 2.01. The van der Waals surface area contributed by atoms with Crippen LogP contribution in [0.25, 0.3) is 11.1 Å². The summed E-state index contributed by atoms with van der Waals surface area (Å²) in [6, 6.07) is 7.24. The van der Waals surface area contributed by atoms with Crippen LogP contribution in [-0.4, -0.2) is 17.5 Å². The molecule has 0 aliphatic carbocycles. The molecule has 0 unspecified atom stereocenters. The molecule has 0 bridgehead atoms. The molecular weight excluding hydrogens is 245 g/mol. The number of amidine groups is 1. The van der Waals surface area contributed by atoms with Gasteiger partial charge in [-0.2, -0.15) is 4.39 Å². The summed E-state index contributed by atoms with van der Waals surface area (Å²) in [6.07, 6.45) is 1.44. The Kier molecular flexibility index (Phi) is 2.56. The van der Waals surface area contributed by atoms with Gasteiger partial charge in [0.1, 0.15) is 12.5 Å². The SMILES string of the molecule is NC1=NCNc2ccc(-c3cnc(F)c(N)c3)cc21. The Morgan fingerprint density at radius 3 is 2.79 bits per heavy atom. The van der Waals surface area contributed by atoms with Crippen LogP contribution >= 0.6 is 0 Å². The molecule has 0 saturated heterocycles. The lowest BCUT2D eigenvalue weighted by molar-refractivity contribution is 0.589. The average molecular weight is 257 g/mol. The quantitative estimate of drug-likeness (QED) is 0.676. The molecule has 6 heteroatoms. The van der Waals surface area contributed by atoms with Crippen LogP contribution in [0.15, 0.2) is 35.5 Å². The molecule has 0 saturated carbocycles. The largest absolute Gasteiger partial charge is 0.395 e. The topological polar surface area (TPSA) is 89.3 Å². The molecule has 1 aromatic heterocycles. The van der Waals surface area contributed by atoms with Gasteiger partial charge in [-0.15, -0.1) is 0 Å². The maximum absolute atomic E-state index is 13.1. The van der Waals surface area contributed by atoms with Gasteiger partial charge in [0.2, 0.25) is 5.95 Å². The Balaban J connectivity index is 2.09. The van der Waals surface area contributed by atoms with Crippen LogP contribution in [0.5, 0.6) is 0 Å². The predicted octanol–water partition coefficient (Wildman–Crippen LogP) is 1.56. The molecule has 2 aromatic rings. The van der Waals surface area contributed by atoms with E-state index in [0.717, 1.165) is 22.4 Å². The monoisotopic (exact) mass is 257 g/mol. The standard InChI is InChI=1S/C13H12FN5/c14-12-10(15)4-8(5-17-12)7-1-2-11-9(3-7)13(16)19-6-18-11/h1-5,18H,6,15H2,(H2,16,19). The van der Waals surface area contributed by atoms with Crippen molar-refractivity contribution in [1.82, 2.24) is 4.98 Å². The van der Waals surface area contributed by atoms with E-state index < -0.39 is 5.95 Å². The second-order valence-corrected chi connectivity index (χ2v) is 4.24. The molecule has 19 heavy (non-hydrogen) atoms. The molecular formula is C13H12FN5. The molecule has 0 atom stereocenters. The van der Waals surface area contributed by atoms with Crippen molar-refractivity contribution < 1.29 is 4.39 Å². The number of nitrogens with two attached hydrogens (primary N) is 2. The first-order valence-corrected chi connectivity index (χ1v) is 5.75. The van der Waals surface area contributed by atoms with Gasteiger partial charge in [-0.25, -0.2) is 9.98 Å². The first-order chi connectivity index (χ1) is 9.15. The Hall–Kier alpha value is -2.63. The van der Waals surface area contributed by atoms with Crippen molar-refractivity contribution in [1.29, 1.82) is 0 Å². The van der Waals surface area contributed by atoms with Crippen molar-refractivity contribution in [2.75, 3.05) is 17.7 Å². The van der Waals surface area contributed by atoms with Gasteiger partial charge in [-0.3, -0.25) is 0 Å². The van der Waals surface area contributed by atoms with Crippen molar-refractivity contribution in [3.63, 3.8) is 0 Å². The normalized spacial score (nSPS) is 13.4. The summed E-state index contributed by atoms with van der Waals surface area (Å²) in [5, 5.41) is 3.12. The van der Waals surface area contributed by atoms with Gasteiger partial charge >= 0.3 is 0 Å². The zero-order valence-corrected chi connectivity index (χ0v) is 10.0. The molecule has 0 spiro atoms. The number of anilines is 2. The van der Waals surface area contributed by atoms with Crippen molar-refractivity contribution >= 4 is 17.2 Å². The van der Waals surface area contributed by atoms with Crippen LogP contribution in [0, 0.1) is 5.95 Å². The zero-order valence-electron chi connectivity index (χ0n) is 10.0. The van der Waals surface area contributed by atoms with Crippen LogP contribution < -0.4 is 16.8 Å². The number of benzene rings is 1. The van der Waals surface area contributed by atoms with Gasteiger partial charge in [0, 0.05) is 23.0 Å². The van der Waals surface area contributed by atoms with E-state index in [1.165, 1.54) is 6.20 Å². The number of nitrogens with zero attached hydrogens (tertiary/aromatic N) is 2. The third-order valence-electron chi connectivity index (χ3n) is 3.01. The summed E-state index contributed by atoms with van der Waals surface area (Å²) in [7, 11) is 0. The van der Waals surface area contributed by atoms with Gasteiger partial charge in [0.15, 0.2) is 0 Å². The second-order valence-electron chi connectivity index (χ2n) is 4.24. The fourth-order valence-electron chi connectivity index (χ4n) is 2.01. The third kappa shape index (κ3) is 1.97. The first kappa shape index (κ1) is 11.5. The van der Waals surface area contributed by atoms with Crippen LogP contribution in [0.3, 0.4) is 0 Å². The van der Waals surface area contributed by atoms with Crippen molar-refractivity contribution in [3.8, 4) is 11.1 Å². The number of hydrogen-bond donors (Lipinski definition) is 3. The van der Waals surface area contributed by atoms with Gasteiger partial charge in [-0.1, -0.05) is 6.07 Å². The Morgan fingerprint density at radius 1 is 1.16 bits per heavy atom. The van der Waals surface area contributed by atoms with Gasteiger partial charge in [-0.05, 0) is 23.8 Å². The molecule has 2 heterocycles. The maximum Gasteiger partial charge on any atom is 0.236 e. The Morgan fingerprint density at radius 2 is 2.00 bits per heavy atom. The van der Waals surface area contributed by atoms with E-state index in [-0.39, 0.29) is 5.69 Å². The van der Waals surface area contributed by atoms with Gasteiger partial charge in [0.25, 0.3) is 0 Å². The molecule has 3 rings (SSSR count). The molecule has 0 amide bonds. The summed E-state index contributed by atoms with van der Waals surface area (Å²) in [6.45, 7) is 0.475. The summed E-state index contributed by atoms with van der Waals surface area (Å²) < 4.78 is 13.1. The number of aliphatic imine (C=N–C) groups is 1. The van der Waals surface area contributed by atoms with E-state index >= 15 is 0 Å². The number of pyridine rings is 1. The van der Waals surface area contributed by atoms with Gasteiger partial charge < -0.3 is 16.8 Å². The molecule has 5 N–H and O–H groups in total. The smallest absolute Gasteiger partial charge is 0.236 e. The molecule has 1 aliphatic rings. The number of rotatable bonds is 1. The zero-order chi connectivity index (χ0) is 13.4. The summed E-state index contributed by atoms with van der Waals surface area (Å²) in [4.78, 5) is 7.74. The lowest BCUT2D eigenvalue weighted by atomic mass is 10.0. The summed E-state index contributed by atoms with van der Waals surface area (Å²) in [5.41, 5.74) is 14.8. The highest BCUT2D eigenvalue weighted by Gasteiger charge is 2.12. The fraction of sp³-hybridized carbons (Fsp3) is 0.0769. The van der Waals surface area contributed by atoms with E-state index in [9.17, 15) is 4.39 Å². The predicted molar refractivity (Wildman–Crippen MR) is 73.3 cm³/mol. The van der Waals surface area contributed by atoms with E-state index in [1.807, 2.05) is 18.2 Å². The van der Waals surface area contributed by atoms with Crippen LogP contribution in [0.2, 0.25) is 0 Å². The molecule has 5 nitrogen and oxygen atoms in total. The molecule has 0 radical (unpaired) electrons. The first-order valence-electron chi connectivity index (χ1n) is 5.75. The minimum atomic E-state index is -0.663. The number of halogens is 1. The highest BCUT2D eigenvalue weighted by atomic mass is 19.1. The Bertz CT molecular complexity index is 681. The molecule has 1 aromatic carbocycles.